The number of carbonyl (C=O) groups is 1. The lowest BCUT2D eigenvalue weighted by molar-refractivity contribution is 0.0506. The largest absolute Gasteiger partial charge is 0.488 e. The molecule has 2 aliphatic rings. The monoisotopic (exact) mass is 346 g/mol. The average Bonchev–Trinajstić information content (AvgIpc) is 2.94. The molecule has 1 aliphatic carbocycles. The van der Waals surface area contributed by atoms with Crippen molar-refractivity contribution in [2.75, 3.05) is 11.9 Å². The molecule has 1 amide bonds. The maximum atomic E-state index is 11.8. The Kier molecular flexibility index (Phi) is 5.40. The van der Waals surface area contributed by atoms with Crippen molar-refractivity contribution in [1.82, 2.24) is 5.32 Å². The topological polar surface area (TPSA) is 59.6 Å². The fourth-order valence-corrected chi connectivity index (χ4v) is 3.52. The van der Waals surface area contributed by atoms with Crippen LogP contribution in [-0.4, -0.2) is 30.4 Å². The molecule has 0 saturated heterocycles. The van der Waals surface area contributed by atoms with E-state index in [-0.39, 0.29) is 6.10 Å². The lowest BCUT2D eigenvalue weighted by Crippen LogP contribution is -2.38. The second kappa shape index (κ2) is 7.54. The summed E-state index contributed by atoms with van der Waals surface area (Å²) < 4.78 is 11.2. The van der Waals surface area contributed by atoms with Gasteiger partial charge in [0.15, 0.2) is 0 Å². The first-order chi connectivity index (χ1) is 11.9. The van der Waals surface area contributed by atoms with Crippen molar-refractivity contribution in [3.05, 3.63) is 23.8 Å². The lowest BCUT2D eigenvalue weighted by atomic mass is 9.95. The van der Waals surface area contributed by atoms with Crippen LogP contribution in [0.3, 0.4) is 0 Å². The Bertz CT molecular complexity index is 603. The summed E-state index contributed by atoms with van der Waals surface area (Å²) in [6.07, 6.45) is 6.91. The highest BCUT2D eigenvalue weighted by Crippen LogP contribution is 2.32. The van der Waals surface area contributed by atoms with Crippen LogP contribution >= 0.6 is 0 Å². The van der Waals surface area contributed by atoms with Gasteiger partial charge in [-0.25, -0.2) is 4.79 Å². The fraction of sp³-hybridized carbons (Fsp3) is 0.650. The van der Waals surface area contributed by atoms with Gasteiger partial charge in [0.2, 0.25) is 0 Å². The van der Waals surface area contributed by atoms with Crippen LogP contribution in [0.25, 0.3) is 0 Å². The molecular formula is C20H30N2O3. The molecule has 0 radical (unpaired) electrons. The normalized spacial score (nSPS) is 20.5. The summed E-state index contributed by atoms with van der Waals surface area (Å²) in [5.41, 5.74) is 1.90. The minimum atomic E-state index is -0.483. The van der Waals surface area contributed by atoms with E-state index in [1.165, 1.54) is 43.4 Å². The zero-order chi connectivity index (χ0) is 17.9. The van der Waals surface area contributed by atoms with Gasteiger partial charge in [0, 0.05) is 18.2 Å². The predicted molar refractivity (Wildman–Crippen MR) is 99.3 cm³/mol. The maximum absolute atomic E-state index is 11.8. The summed E-state index contributed by atoms with van der Waals surface area (Å²) in [7, 11) is 0. The highest BCUT2D eigenvalue weighted by atomic mass is 16.6. The van der Waals surface area contributed by atoms with Gasteiger partial charge in [-0.15, -0.1) is 0 Å². The Morgan fingerprint density at radius 2 is 2.00 bits per heavy atom. The molecule has 1 fully saturated rings. The quantitative estimate of drug-likeness (QED) is 0.855. The summed E-state index contributed by atoms with van der Waals surface area (Å²) in [5, 5.41) is 6.45. The zero-order valence-corrected chi connectivity index (χ0v) is 15.6. The number of rotatable bonds is 4. The van der Waals surface area contributed by atoms with E-state index in [9.17, 15) is 4.79 Å². The molecule has 3 rings (SSSR count). The Labute approximate surface area is 150 Å². The first-order valence-electron chi connectivity index (χ1n) is 9.42. The second-order valence-corrected chi connectivity index (χ2v) is 8.13. The van der Waals surface area contributed by atoms with Gasteiger partial charge < -0.3 is 20.1 Å². The molecule has 0 bridgehead atoms. The Morgan fingerprint density at radius 1 is 1.24 bits per heavy atom. The van der Waals surface area contributed by atoms with Crippen molar-refractivity contribution in [2.45, 2.75) is 77.0 Å². The third-order valence-electron chi connectivity index (χ3n) is 4.65. The van der Waals surface area contributed by atoms with Crippen LogP contribution in [0.15, 0.2) is 18.2 Å². The minimum absolute atomic E-state index is 0.0348. The van der Waals surface area contributed by atoms with Crippen LogP contribution in [0.1, 0.15) is 58.4 Å². The van der Waals surface area contributed by atoms with Gasteiger partial charge in [0.05, 0.1) is 6.54 Å². The number of hydrogen-bond donors (Lipinski definition) is 2. The molecule has 1 aromatic rings. The Morgan fingerprint density at radius 3 is 2.72 bits per heavy atom. The minimum Gasteiger partial charge on any atom is -0.488 e. The van der Waals surface area contributed by atoms with Gasteiger partial charge in [-0.1, -0.05) is 19.3 Å². The molecule has 1 atom stereocenters. The van der Waals surface area contributed by atoms with Gasteiger partial charge in [-0.2, -0.15) is 0 Å². The van der Waals surface area contributed by atoms with E-state index in [1.807, 2.05) is 26.8 Å². The predicted octanol–water partition coefficient (Wildman–Crippen LogP) is 4.26. The summed E-state index contributed by atoms with van der Waals surface area (Å²) in [5.74, 6) is 0.921. The van der Waals surface area contributed by atoms with Gasteiger partial charge in [0.25, 0.3) is 0 Å². The van der Waals surface area contributed by atoms with Crippen molar-refractivity contribution in [3.8, 4) is 5.75 Å². The average molecular weight is 346 g/mol. The van der Waals surface area contributed by atoms with Crippen molar-refractivity contribution >= 4 is 11.8 Å². The number of alkyl carbamates (subject to hydrolysis) is 1. The maximum Gasteiger partial charge on any atom is 0.407 e. The lowest BCUT2D eigenvalue weighted by Gasteiger charge is -2.24. The first kappa shape index (κ1) is 17.9. The second-order valence-electron chi connectivity index (χ2n) is 8.13. The summed E-state index contributed by atoms with van der Waals surface area (Å²) in [6.45, 7) is 6.02. The first-order valence-corrected chi connectivity index (χ1v) is 9.42. The van der Waals surface area contributed by atoms with E-state index < -0.39 is 11.7 Å². The van der Waals surface area contributed by atoms with Crippen molar-refractivity contribution < 1.29 is 14.3 Å². The van der Waals surface area contributed by atoms with E-state index in [4.69, 9.17) is 9.47 Å². The van der Waals surface area contributed by atoms with Crippen LogP contribution in [0.4, 0.5) is 10.5 Å². The highest BCUT2D eigenvalue weighted by Gasteiger charge is 2.25. The van der Waals surface area contributed by atoms with Crippen molar-refractivity contribution in [1.29, 1.82) is 0 Å². The van der Waals surface area contributed by atoms with E-state index in [1.54, 1.807) is 0 Å². The third kappa shape index (κ3) is 5.28. The Hall–Kier alpha value is -1.91. The summed E-state index contributed by atoms with van der Waals surface area (Å²) in [6, 6.07) is 6.92. The standard InChI is InChI=1S/C20H30N2O3/c1-20(2,3)25-19(23)21-13-17-12-14-11-16(9-10-18(14)24-17)22-15-7-5-4-6-8-15/h9-11,15,17,22H,4-8,12-13H2,1-3H3,(H,21,23). The number of amides is 1. The molecule has 2 N–H and O–H groups in total. The van der Waals surface area contributed by atoms with E-state index >= 15 is 0 Å². The zero-order valence-electron chi connectivity index (χ0n) is 15.6. The molecule has 1 aliphatic heterocycles. The molecule has 25 heavy (non-hydrogen) atoms. The van der Waals surface area contributed by atoms with Crippen LogP contribution in [0.5, 0.6) is 5.75 Å². The van der Waals surface area contributed by atoms with Crippen molar-refractivity contribution in [2.24, 2.45) is 0 Å². The summed E-state index contributed by atoms with van der Waals surface area (Å²) in [4.78, 5) is 11.8. The van der Waals surface area contributed by atoms with Gasteiger partial charge in [-0.05, 0) is 57.4 Å². The van der Waals surface area contributed by atoms with Crippen molar-refractivity contribution in [3.63, 3.8) is 0 Å². The van der Waals surface area contributed by atoms with Crippen LogP contribution in [0, 0.1) is 0 Å². The molecule has 1 unspecified atom stereocenters. The molecule has 0 aromatic heterocycles. The van der Waals surface area contributed by atoms with Gasteiger partial charge in [-0.3, -0.25) is 0 Å². The third-order valence-corrected chi connectivity index (χ3v) is 4.65. The number of carbonyl (C=O) groups excluding carboxylic acids is 1. The van der Waals surface area contributed by atoms with E-state index in [0.717, 1.165) is 12.2 Å². The van der Waals surface area contributed by atoms with Crippen LogP contribution in [0.2, 0.25) is 0 Å². The molecular weight excluding hydrogens is 316 g/mol. The number of ether oxygens (including phenoxy) is 2. The number of benzene rings is 1. The van der Waals surface area contributed by atoms with Gasteiger partial charge >= 0.3 is 6.09 Å². The number of hydrogen-bond acceptors (Lipinski definition) is 4. The van der Waals surface area contributed by atoms with E-state index in [0.29, 0.717) is 12.6 Å². The number of nitrogens with one attached hydrogen (secondary N) is 2. The Balaban J connectivity index is 1.49. The molecule has 1 aromatic carbocycles. The summed E-state index contributed by atoms with van der Waals surface area (Å²) >= 11 is 0. The molecule has 1 saturated carbocycles. The van der Waals surface area contributed by atoms with Crippen LogP contribution in [-0.2, 0) is 11.2 Å². The number of anilines is 1. The molecule has 138 valence electrons. The molecule has 1 heterocycles. The SMILES string of the molecule is CC(C)(C)OC(=O)NCC1Cc2cc(NC3CCCCC3)ccc2O1. The fourth-order valence-electron chi connectivity index (χ4n) is 3.52. The van der Waals surface area contributed by atoms with E-state index in [2.05, 4.69) is 22.8 Å². The van der Waals surface area contributed by atoms with Gasteiger partial charge in [0.1, 0.15) is 17.5 Å². The highest BCUT2D eigenvalue weighted by molar-refractivity contribution is 5.67. The smallest absolute Gasteiger partial charge is 0.407 e. The van der Waals surface area contributed by atoms with Crippen LogP contribution < -0.4 is 15.4 Å². The number of fused-ring (bicyclic) bond motifs is 1. The molecule has 5 nitrogen and oxygen atoms in total. The molecule has 0 spiro atoms. The molecule has 5 heteroatoms.